The molecule has 0 amide bonds. The van der Waals surface area contributed by atoms with E-state index < -0.39 is 0 Å². The third-order valence-electron chi connectivity index (χ3n) is 4.87. The predicted molar refractivity (Wildman–Crippen MR) is 115 cm³/mol. The van der Waals surface area contributed by atoms with Crippen molar-refractivity contribution in [3.63, 3.8) is 0 Å². The Labute approximate surface area is 176 Å². The minimum atomic E-state index is -0.267. The molecule has 4 nitrogen and oxygen atoms in total. The summed E-state index contributed by atoms with van der Waals surface area (Å²) in [7, 11) is 0. The minimum absolute atomic E-state index is 0.0838. The van der Waals surface area contributed by atoms with Crippen LogP contribution in [0, 0.1) is 17.6 Å². The van der Waals surface area contributed by atoms with Crippen LogP contribution in [0.4, 0.5) is 8.78 Å². The van der Waals surface area contributed by atoms with Gasteiger partial charge >= 0.3 is 0 Å². The molecule has 1 atom stereocenters. The van der Waals surface area contributed by atoms with Gasteiger partial charge in [-0.1, -0.05) is 39.3 Å². The van der Waals surface area contributed by atoms with E-state index in [9.17, 15) is 13.6 Å². The number of nitrogens with zero attached hydrogens (tertiary/aromatic N) is 2. The molecule has 3 aromatic rings. The average Bonchev–Trinajstić information content (AvgIpc) is 3.12. The third-order valence-corrected chi connectivity index (χ3v) is 4.87. The number of halogens is 2. The molecule has 0 spiro atoms. The van der Waals surface area contributed by atoms with Gasteiger partial charge in [0.25, 0.3) is 0 Å². The Morgan fingerprint density at radius 3 is 2.20 bits per heavy atom. The number of carbonyl (C=O) groups excluding carboxylic acids is 1. The van der Waals surface area contributed by atoms with Crippen LogP contribution in [-0.4, -0.2) is 21.0 Å². The number of aromatic nitrogens is 3. The molecule has 0 saturated carbocycles. The van der Waals surface area contributed by atoms with Crippen molar-refractivity contribution in [3.05, 3.63) is 71.7 Å². The topological polar surface area (TPSA) is 58.6 Å². The van der Waals surface area contributed by atoms with Crippen LogP contribution < -0.4 is 0 Å². The standard InChI is InChI=1S/C13H17FO.C11H12FN3/c1-3-4-12(10(2)15)9-11-5-7-13(14)8-6-11;1-7(2)10-9(12)11(15-14-10)8-3-5-13-6-4-8/h5-8,12H,3-4,9H2,1-2H3;3-7H,1-2H3,(H,14,15). The molecule has 0 aliphatic rings. The van der Waals surface area contributed by atoms with Crippen molar-refractivity contribution in [3.8, 4) is 11.3 Å². The number of hydrogen-bond acceptors (Lipinski definition) is 3. The summed E-state index contributed by atoms with van der Waals surface area (Å²) >= 11 is 0. The van der Waals surface area contributed by atoms with Gasteiger partial charge in [0.15, 0.2) is 5.82 Å². The van der Waals surface area contributed by atoms with Gasteiger partial charge in [-0.2, -0.15) is 5.10 Å². The van der Waals surface area contributed by atoms with Gasteiger partial charge < -0.3 is 0 Å². The maximum absolute atomic E-state index is 13.9. The molecule has 160 valence electrons. The van der Waals surface area contributed by atoms with Crippen molar-refractivity contribution in [1.82, 2.24) is 15.2 Å². The molecular formula is C24H29F2N3O. The Morgan fingerprint density at radius 2 is 1.70 bits per heavy atom. The quantitative estimate of drug-likeness (QED) is 0.508. The summed E-state index contributed by atoms with van der Waals surface area (Å²) in [6.07, 6.45) is 5.89. The van der Waals surface area contributed by atoms with Crippen LogP contribution >= 0.6 is 0 Å². The molecule has 0 bridgehead atoms. The van der Waals surface area contributed by atoms with E-state index in [1.807, 2.05) is 13.8 Å². The highest BCUT2D eigenvalue weighted by Crippen LogP contribution is 2.25. The Hall–Kier alpha value is -2.89. The summed E-state index contributed by atoms with van der Waals surface area (Å²) in [6, 6.07) is 9.87. The first-order valence-corrected chi connectivity index (χ1v) is 10.2. The summed E-state index contributed by atoms with van der Waals surface area (Å²) in [6.45, 7) is 7.55. The molecule has 1 aromatic carbocycles. The van der Waals surface area contributed by atoms with Crippen LogP contribution in [-0.2, 0) is 11.2 Å². The van der Waals surface area contributed by atoms with Gasteiger partial charge in [-0.05, 0) is 55.5 Å². The van der Waals surface area contributed by atoms with E-state index in [0.717, 1.165) is 30.4 Å². The first kappa shape index (κ1) is 23.4. The highest BCUT2D eigenvalue weighted by Gasteiger charge is 2.16. The zero-order chi connectivity index (χ0) is 22.1. The zero-order valence-corrected chi connectivity index (χ0v) is 18.0. The van der Waals surface area contributed by atoms with Crippen LogP contribution in [0.5, 0.6) is 0 Å². The zero-order valence-electron chi connectivity index (χ0n) is 18.0. The van der Waals surface area contributed by atoms with E-state index in [4.69, 9.17) is 0 Å². The van der Waals surface area contributed by atoms with E-state index in [0.29, 0.717) is 11.4 Å². The lowest BCUT2D eigenvalue weighted by atomic mass is 9.92. The first-order chi connectivity index (χ1) is 14.3. The lowest BCUT2D eigenvalue weighted by molar-refractivity contribution is -0.120. The molecule has 2 aromatic heterocycles. The Kier molecular flexibility index (Phi) is 8.84. The molecule has 30 heavy (non-hydrogen) atoms. The SMILES string of the molecule is CC(C)c1[nH]nc(-c2ccncc2)c1F.CCCC(Cc1ccc(F)cc1)C(C)=O. The number of Topliss-reactive ketones (excluding diaryl/α,β-unsaturated/α-hetero) is 1. The summed E-state index contributed by atoms with van der Waals surface area (Å²) in [5.74, 6) is -0.0838. The van der Waals surface area contributed by atoms with Gasteiger partial charge in [0.05, 0.1) is 5.69 Å². The molecule has 2 heterocycles. The molecule has 0 aliphatic carbocycles. The molecule has 3 rings (SSSR count). The van der Waals surface area contributed by atoms with Crippen LogP contribution in [0.3, 0.4) is 0 Å². The molecule has 0 saturated heterocycles. The second-order valence-electron chi connectivity index (χ2n) is 7.62. The smallest absolute Gasteiger partial charge is 0.172 e. The molecule has 6 heteroatoms. The monoisotopic (exact) mass is 413 g/mol. The van der Waals surface area contributed by atoms with Crippen molar-refractivity contribution in [2.24, 2.45) is 5.92 Å². The number of ketones is 1. The molecule has 1 unspecified atom stereocenters. The van der Waals surface area contributed by atoms with Crippen LogP contribution in [0.2, 0.25) is 0 Å². The second kappa shape index (κ2) is 11.3. The van der Waals surface area contributed by atoms with Crippen molar-refractivity contribution < 1.29 is 13.6 Å². The Balaban J connectivity index is 0.000000214. The number of H-pyrrole nitrogens is 1. The average molecular weight is 414 g/mol. The van der Waals surface area contributed by atoms with Crippen LogP contribution in [0.1, 0.15) is 57.7 Å². The van der Waals surface area contributed by atoms with Crippen molar-refractivity contribution in [2.45, 2.75) is 52.9 Å². The lowest BCUT2D eigenvalue weighted by Crippen LogP contribution is -2.13. The number of benzene rings is 1. The molecule has 0 radical (unpaired) electrons. The van der Waals surface area contributed by atoms with Gasteiger partial charge in [0, 0.05) is 23.9 Å². The summed E-state index contributed by atoms with van der Waals surface area (Å²) < 4.78 is 26.5. The third kappa shape index (κ3) is 6.58. The van der Waals surface area contributed by atoms with Crippen LogP contribution in [0.25, 0.3) is 11.3 Å². The van der Waals surface area contributed by atoms with Gasteiger partial charge in [-0.15, -0.1) is 0 Å². The molecular weight excluding hydrogens is 384 g/mol. The minimum Gasteiger partial charge on any atom is -0.300 e. The maximum Gasteiger partial charge on any atom is 0.172 e. The van der Waals surface area contributed by atoms with E-state index in [-0.39, 0.29) is 29.3 Å². The lowest BCUT2D eigenvalue weighted by Gasteiger charge is -2.12. The molecule has 0 fully saturated rings. The van der Waals surface area contributed by atoms with Gasteiger partial charge in [0.2, 0.25) is 0 Å². The maximum atomic E-state index is 13.9. The fourth-order valence-electron chi connectivity index (χ4n) is 3.13. The highest BCUT2D eigenvalue weighted by molar-refractivity contribution is 5.78. The Morgan fingerprint density at radius 1 is 1.07 bits per heavy atom. The summed E-state index contributed by atoms with van der Waals surface area (Å²) in [4.78, 5) is 15.2. The number of carbonyl (C=O) groups is 1. The van der Waals surface area contributed by atoms with Crippen molar-refractivity contribution >= 4 is 5.78 Å². The fourth-order valence-corrected chi connectivity index (χ4v) is 3.13. The predicted octanol–water partition coefficient (Wildman–Crippen LogP) is 6.11. The van der Waals surface area contributed by atoms with Crippen molar-refractivity contribution in [1.29, 1.82) is 0 Å². The van der Waals surface area contributed by atoms with Gasteiger partial charge in [0.1, 0.15) is 17.3 Å². The number of pyridine rings is 1. The highest BCUT2D eigenvalue weighted by atomic mass is 19.1. The fraction of sp³-hybridized carbons (Fsp3) is 0.375. The normalized spacial score (nSPS) is 11.7. The van der Waals surface area contributed by atoms with E-state index in [1.165, 1.54) is 12.1 Å². The summed E-state index contributed by atoms with van der Waals surface area (Å²) in [5.41, 5.74) is 2.68. The number of rotatable bonds is 7. The van der Waals surface area contributed by atoms with E-state index >= 15 is 0 Å². The first-order valence-electron chi connectivity index (χ1n) is 10.2. The summed E-state index contributed by atoms with van der Waals surface area (Å²) in [5, 5.41) is 6.71. The number of hydrogen-bond donors (Lipinski definition) is 1. The van der Waals surface area contributed by atoms with E-state index in [1.54, 1.807) is 43.6 Å². The van der Waals surface area contributed by atoms with Gasteiger partial charge in [-0.25, -0.2) is 8.78 Å². The molecule has 0 aliphatic heterocycles. The largest absolute Gasteiger partial charge is 0.300 e. The number of nitrogens with one attached hydrogen (secondary N) is 1. The van der Waals surface area contributed by atoms with Crippen molar-refractivity contribution in [2.75, 3.05) is 0 Å². The van der Waals surface area contributed by atoms with Gasteiger partial charge in [-0.3, -0.25) is 14.9 Å². The van der Waals surface area contributed by atoms with E-state index in [2.05, 4.69) is 22.1 Å². The number of aromatic amines is 1. The Bertz CT molecular complexity index is 921. The second-order valence-corrected chi connectivity index (χ2v) is 7.62. The molecule has 1 N–H and O–H groups in total. The van der Waals surface area contributed by atoms with Crippen LogP contribution in [0.15, 0.2) is 48.8 Å².